The van der Waals surface area contributed by atoms with Gasteiger partial charge in [-0.3, -0.25) is 0 Å². The molecule has 2 nitrogen and oxygen atoms in total. The molecule has 0 amide bonds. The van der Waals surface area contributed by atoms with E-state index in [-0.39, 0.29) is 0 Å². The van der Waals surface area contributed by atoms with E-state index < -0.39 is 48.6 Å². The molecule has 4 heteroatoms. The van der Waals surface area contributed by atoms with Crippen molar-refractivity contribution >= 4 is 0 Å². The lowest BCUT2D eigenvalue weighted by molar-refractivity contribution is 0.135. The van der Waals surface area contributed by atoms with Crippen molar-refractivity contribution in [3.8, 4) is 5.75 Å². The number of ether oxygens (including phenoxy) is 1. The highest BCUT2D eigenvalue weighted by molar-refractivity contribution is 5.25. The van der Waals surface area contributed by atoms with Crippen LogP contribution >= 0.6 is 0 Å². The van der Waals surface area contributed by atoms with Crippen molar-refractivity contribution in [1.29, 1.82) is 0 Å². The van der Waals surface area contributed by atoms with Crippen molar-refractivity contribution in [2.24, 2.45) is 0 Å². The first-order valence-electron chi connectivity index (χ1n) is 6.47. The lowest BCUT2D eigenvalue weighted by Gasteiger charge is -2.27. The predicted octanol–water partition coefficient (Wildman–Crippen LogP) is 1.32. The Morgan fingerprint density at radius 1 is 1.54 bits per heavy atom. The summed E-state index contributed by atoms with van der Waals surface area (Å²) in [6, 6.07) is -0.777. The molecule has 0 aliphatic carbocycles. The zero-order valence-corrected chi connectivity index (χ0v) is 6.32. The highest BCUT2D eigenvalue weighted by Gasteiger charge is 2.20. The van der Waals surface area contributed by atoms with Crippen LogP contribution < -0.4 is 10.1 Å². The zero-order chi connectivity index (χ0) is 14.6. The summed E-state index contributed by atoms with van der Waals surface area (Å²) in [7, 11) is 0. The Morgan fingerprint density at radius 3 is 3.00 bits per heavy atom. The molecule has 1 aromatic carbocycles. The minimum atomic E-state index is -2.27. The fraction of sp³-hybridized carbons (Fsp3) is 0.333. The normalized spacial score (nSPS) is 31.2. The van der Waals surface area contributed by atoms with Crippen LogP contribution in [0.15, 0.2) is 18.2 Å². The van der Waals surface area contributed by atoms with Crippen LogP contribution in [-0.2, 0) is 0 Å². The van der Waals surface area contributed by atoms with E-state index in [1.54, 1.807) is 0 Å². The summed E-state index contributed by atoms with van der Waals surface area (Å²) in [4.78, 5) is 0. The van der Waals surface area contributed by atoms with Crippen LogP contribution in [0, 0.1) is 11.6 Å². The maximum Gasteiger partial charge on any atom is 0.200 e. The molecule has 1 N–H and O–H groups in total. The van der Waals surface area contributed by atoms with Crippen LogP contribution in [0.2, 0.25) is 0 Å². The zero-order valence-electron chi connectivity index (χ0n) is 12.3. The second-order valence-corrected chi connectivity index (χ2v) is 2.30. The third-order valence-corrected chi connectivity index (χ3v) is 1.44. The first-order chi connectivity index (χ1) is 8.56. The molecular weight excluding hydrogens is 176 g/mol. The standard InChI is InChI=1S/C9H9F2NO/c10-7-2-1-3-8(9(7)11)13-6-4-12-5-6/h1-3,6,12H,4-5H2/i2D,3D,4D2,5D2. The SMILES string of the molecule is [2H]c1cc([2H])c(OC2C([2H])([2H])NC2([2H])[2H])c(F)c1F. The van der Waals surface area contributed by atoms with Gasteiger partial charge in [-0.1, -0.05) is 6.07 Å². The fourth-order valence-electron chi connectivity index (χ4n) is 0.785. The van der Waals surface area contributed by atoms with Gasteiger partial charge in [0.15, 0.2) is 11.6 Å². The molecule has 1 fully saturated rings. The lowest BCUT2D eigenvalue weighted by Crippen LogP contribution is -2.50. The smallest absolute Gasteiger partial charge is 0.200 e. The molecule has 0 spiro atoms. The summed E-state index contributed by atoms with van der Waals surface area (Å²) < 4.78 is 75.3. The van der Waals surface area contributed by atoms with E-state index in [1.807, 2.05) is 5.32 Å². The number of benzene rings is 1. The molecular formula is C9H9F2NO. The van der Waals surface area contributed by atoms with E-state index in [9.17, 15) is 8.78 Å². The molecule has 1 heterocycles. The van der Waals surface area contributed by atoms with Crippen LogP contribution in [0.1, 0.15) is 8.22 Å². The van der Waals surface area contributed by atoms with Crippen LogP contribution in [-0.4, -0.2) is 19.1 Å². The highest BCUT2D eigenvalue weighted by atomic mass is 19.2. The molecule has 1 aliphatic rings. The van der Waals surface area contributed by atoms with Crippen molar-refractivity contribution < 1.29 is 21.7 Å². The average Bonchev–Trinajstić information content (AvgIpc) is 2.23. The summed E-state index contributed by atoms with van der Waals surface area (Å²) in [6.07, 6.45) is -1.73. The minimum absolute atomic E-state index is 0.651. The van der Waals surface area contributed by atoms with Crippen LogP contribution in [0.4, 0.5) is 8.78 Å². The van der Waals surface area contributed by atoms with E-state index in [0.717, 1.165) is 0 Å². The average molecular weight is 191 g/mol. The summed E-state index contributed by atoms with van der Waals surface area (Å²) >= 11 is 0. The van der Waals surface area contributed by atoms with E-state index in [4.69, 9.17) is 13.0 Å². The summed E-state index contributed by atoms with van der Waals surface area (Å²) in [5.74, 6) is -4.04. The van der Waals surface area contributed by atoms with Gasteiger partial charge in [0, 0.05) is 18.5 Å². The summed E-state index contributed by atoms with van der Waals surface area (Å²) in [5.41, 5.74) is 0. The minimum Gasteiger partial charge on any atom is -0.485 e. The maximum atomic E-state index is 13.5. The topological polar surface area (TPSA) is 21.3 Å². The van der Waals surface area contributed by atoms with Gasteiger partial charge in [0.2, 0.25) is 5.82 Å². The molecule has 0 unspecified atom stereocenters. The number of nitrogens with one attached hydrogen (secondary N) is 1. The largest absolute Gasteiger partial charge is 0.485 e. The highest BCUT2D eigenvalue weighted by Crippen LogP contribution is 2.20. The summed E-state index contributed by atoms with van der Waals surface area (Å²) in [6.45, 7) is -4.53. The van der Waals surface area contributed by atoms with Gasteiger partial charge in [0.1, 0.15) is 6.10 Å². The number of rotatable bonds is 2. The first kappa shape index (κ1) is 3.92. The van der Waals surface area contributed by atoms with Crippen molar-refractivity contribution in [3.05, 3.63) is 29.8 Å². The molecule has 0 bridgehead atoms. The van der Waals surface area contributed by atoms with E-state index in [2.05, 4.69) is 0 Å². The Bertz CT molecular complexity index is 524. The van der Waals surface area contributed by atoms with Crippen molar-refractivity contribution in [3.63, 3.8) is 0 Å². The number of halogens is 2. The van der Waals surface area contributed by atoms with Gasteiger partial charge in [0.25, 0.3) is 0 Å². The van der Waals surface area contributed by atoms with Gasteiger partial charge < -0.3 is 10.1 Å². The Hall–Kier alpha value is -1.16. The van der Waals surface area contributed by atoms with Gasteiger partial charge in [-0.2, -0.15) is 4.39 Å². The fourth-order valence-corrected chi connectivity index (χ4v) is 0.785. The third-order valence-electron chi connectivity index (χ3n) is 1.44. The number of hydrogen-bond acceptors (Lipinski definition) is 2. The van der Waals surface area contributed by atoms with Gasteiger partial charge in [-0.15, -0.1) is 0 Å². The molecule has 0 aromatic heterocycles. The van der Waals surface area contributed by atoms with Gasteiger partial charge >= 0.3 is 0 Å². The second-order valence-electron chi connectivity index (χ2n) is 2.30. The van der Waals surface area contributed by atoms with Gasteiger partial charge in [0.05, 0.1) is 2.74 Å². The predicted molar refractivity (Wildman–Crippen MR) is 43.6 cm³/mol. The Labute approximate surface area is 82.9 Å². The molecule has 0 atom stereocenters. The van der Waals surface area contributed by atoms with Crippen molar-refractivity contribution in [2.45, 2.75) is 6.10 Å². The molecule has 0 radical (unpaired) electrons. The van der Waals surface area contributed by atoms with Crippen molar-refractivity contribution in [2.75, 3.05) is 13.0 Å². The molecule has 0 saturated carbocycles. The number of hydrogen-bond donors (Lipinski definition) is 1. The molecule has 1 saturated heterocycles. The second kappa shape index (κ2) is 3.30. The quantitative estimate of drug-likeness (QED) is 0.761. The maximum absolute atomic E-state index is 13.5. The first-order valence-corrected chi connectivity index (χ1v) is 3.47. The Balaban J connectivity index is 2.37. The Kier molecular flexibility index (Phi) is 0.994. The van der Waals surface area contributed by atoms with Crippen LogP contribution in [0.25, 0.3) is 0 Å². The summed E-state index contributed by atoms with van der Waals surface area (Å²) in [5, 5.41) is 1.92. The Morgan fingerprint density at radius 2 is 2.31 bits per heavy atom. The molecule has 13 heavy (non-hydrogen) atoms. The molecule has 2 rings (SSSR count). The third kappa shape index (κ3) is 1.62. The van der Waals surface area contributed by atoms with Crippen molar-refractivity contribution in [1.82, 2.24) is 5.32 Å². The van der Waals surface area contributed by atoms with E-state index in [1.165, 1.54) is 0 Å². The molecule has 1 aromatic rings. The molecule has 1 aliphatic heterocycles. The van der Waals surface area contributed by atoms with Gasteiger partial charge in [-0.25, -0.2) is 4.39 Å². The van der Waals surface area contributed by atoms with Crippen LogP contribution in [0.5, 0.6) is 5.75 Å². The molecule has 70 valence electrons. The van der Waals surface area contributed by atoms with E-state index >= 15 is 0 Å². The lowest BCUT2D eigenvalue weighted by atomic mass is 10.2. The monoisotopic (exact) mass is 191 g/mol. The van der Waals surface area contributed by atoms with E-state index in [0.29, 0.717) is 6.07 Å². The van der Waals surface area contributed by atoms with Gasteiger partial charge in [-0.05, 0) is 12.1 Å². The van der Waals surface area contributed by atoms with Crippen LogP contribution in [0.3, 0.4) is 0 Å².